The number of nitrogens with zero attached hydrogens (tertiary/aromatic N) is 1. The van der Waals surface area contributed by atoms with Crippen LogP contribution in [0.15, 0.2) is 0 Å². The summed E-state index contributed by atoms with van der Waals surface area (Å²) < 4.78 is 22.8. The Morgan fingerprint density at radius 3 is 2.57 bits per heavy atom. The lowest BCUT2D eigenvalue weighted by Gasteiger charge is -2.30. The quantitative estimate of drug-likeness (QED) is 0.627. The van der Waals surface area contributed by atoms with Crippen LogP contribution in [0.2, 0.25) is 0 Å². The first-order chi connectivity index (χ1) is 6.42. The van der Waals surface area contributed by atoms with Crippen molar-refractivity contribution in [3.63, 3.8) is 0 Å². The van der Waals surface area contributed by atoms with Crippen molar-refractivity contribution in [3.05, 3.63) is 0 Å². The summed E-state index contributed by atoms with van der Waals surface area (Å²) in [5, 5.41) is -0.269. The second-order valence-corrected chi connectivity index (χ2v) is 6.44. The van der Waals surface area contributed by atoms with Gasteiger partial charge in [-0.2, -0.15) is 0 Å². The van der Waals surface area contributed by atoms with Gasteiger partial charge in [-0.1, -0.05) is 0 Å². The van der Waals surface area contributed by atoms with Crippen molar-refractivity contribution in [2.24, 2.45) is 5.73 Å². The largest absolute Gasteiger partial charge is 0.368 e. The Labute approximate surface area is 83.2 Å². The van der Waals surface area contributed by atoms with Crippen molar-refractivity contribution in [1.29, 1.82) is 0 Å². The average molecular weight is 218 g/mol. The van der Waals surface area contributed by atoms with Gasteiger partial charge in [-0.25, -0.2) is 8.42 Å². The fourth-order valence-electron chi connectivity index (χ4n) is 2.36. The monoisotopic (exact) mass is 218 g/mol. The topological polar surface area (TPSA) is 80.5 Å². The van der Waals surface area contributed by atoms with E-state index in [1.54, 1.807) is 6.92 Å². The molecule has 0 aliphatic carbocycles. The highest BCUT2D eigenvalue weighted by Crippen LogP contribution is 2.33. The first-order valence-electron chi connectivity index (χ1n) is 4.68. The third kappa shape index (κ3) is 1.33. The minimum atomic E-state index is -2.87. The standard InChI is InChI=1S/C8H14N2O3S/c1-5(8(9)11)10-3-7-2-6(10)4-14(7,12)13/h5-7H,2-4H2,1H3,(H2,9,11). The van der Waals surface area contributed by atoms with E-state index >= 15 is 0 Å². The second kappa shape index (κ2) is 2.93. The minimum Gasteiger partial charge on any atom is -0.368 e. The van der Waals surface area contributed by atoms with E-state index in [4.69, 9.17) is 5.73 Å². The molecule has 6 heteroatoms. The van der Waals surface area contributed by atoms with Gasteiger partial charge >= 0.3 is 0 Å². The molecule has 2 N–H and O–H groups in total. The van der Waals surface area contributed by atoms with Gasteiger partial charge in [0, 0.05) is 12.6 Å². The van der Waals surface area contributed by atoms with Crippen molar-refractivity contribution in [2.45, 2.75) is 30.7 Å². The molecule has 0 aromatic rings. The molecule has 5 nitrogen and oxygen atoms in total. The van der Waals surface area contributed by atoms with Crippen LogP contribution in [0.4, 0.5) is 0 Å². The molecule has 2 heterocycles. The van der Waals surface area contributed by atoms with Gasteiger partial charge in [-0.3, -0.25) is 9.69 Å². The summed E-state index contributed by atoms with van der Waals surface area (Å²) in [7, 11) is -2.87. The number of carbonyl (C=O) groups is 1. The predicted molar refractivity (Wildman–Crippen MR) is 51.3 cm³/mol. The van der Waals surface area contributed by atoms with Crippen LogP contribution in [0.1, 0.15) is 13.3 Å². The number of fused-ring (bicyclic) bond motifs is 2. The summed E-state index contributed by atoms with van der Waals surface area (Å²) in [4.78, 5) is 12.9. The van der Waals surface area contributed by atoms with Gasteiger partial charge in [-0.05, 0) is 13.3 Å². The van der Waals surface area contributed by atoms with Crippen LogP contribution in [-0.4, -0.2) is 48.9 Å². The van der Waals surface area contributed by atoms with Gasteiger partial charge in [0.05, 0.1) is 17.0 Å². The van der Waals surface area contributed by atoms with Gasteiger partial charge in [0.2, 0.25) is 5.91 Å². The van der Waals surface area contributed by atoms with Crippen LogP contribution in [0.3, 0.4) is 0 Å². The zero-order valence-electron chi connectivity index (χ0n) is 8.01. The molecular weight excluding hydrogens is 204 g/mol. The predicted octanol–water partition coefficient (Wildman–Crippen LogP) is -1.27. The Kier molecular flexibility index (Phi) is 2.08. The Hall–Kier alpha value is -0.620. The highest BCUT2D eigenvalue weighted by atomic mass is 32.2. The molecule has 1 amide bonds. The molecule has 2 bridgehead atoms. The summed E-state index contributed by atoms with van der Waals surface area (Å²) in [5.74, 6) is -0.190. The third-order valence-electron chi connectivity index (χ3n) is 3.26. The highest BCUT2D eigenvalue weighted by molar-refractivity contribution is 7.92. The first-order valence-corrected chi connectivity index (χ1v) is 6.40. The second-order valence-electron chi connectivity index (χ2n) is 4.12. The van der Waals surface area contributed by atoms with Gasteiger partial charge in [0.25, 0.3) is 0 Å². The Morgan fingerprint density at radius 2 is 2.21 bits per heavy atom. The van der Waals surface area contributed by atoms with Gasteiger partial charge in [0.15, 0.2) is 9.84 Å². The molecule has 2 aliphatic rings. The number of rotatable bonds is 2. The van der Waals surface area contributed by atoms with E-state index in [1.165, 1.54) is 0 Å². The summed E-state index contributed by atoms with van der Waals surface area (Å²) >= 11 is 0. The summed E-state index contributed by atoms with van der Waals surface area (Å²) in [6, 6.07) is -0.340. The van der Waals surface area contributed by atoms with Crippen LogP contribution in [-0.2, 0) is 14.6 Å². The number of hydrogen-bond donors (Lipinski definition) is 1. The van der Waals surface area contributed by atoms with Crippen LogP contribution in [0, 0.1) is 0 Å². The molecule has 0 saturated carbocycles. The van der Waals surface area contributed by atoms with Crippen LogP contribution < -0.4 is 5.73 Å². The van der Waals surface area contributed by atoms with Crippen LogP contribution in [0.25, 0.3) is 0 Å². The Bertz CT molecular complexity index is 365. The van der Waals surface area contributed by atoms with E-state index in [0.29, 0.717) is 13.0 Å². The van der Waals surface area contributed by atoms with E-state index in [9.17, 15) is 13.2 Å². The first kappa shape index (κ1) is 9.92. The zero-order valence-corrected chi connectivity index (χ0v) is 8.83. The molecule has 80 valence electrons. The number of nitrogens with two attached hydrogens (primary N) is 1. The van der Waals surface area contributed by atoms with Crippen LogP contribution in [0.5, 0.6) is 0 Å². The number of sulfone groups is 1. The lowest BCUT2D eigenvalue weighted by molar-refractivity contribution is -0.122. The van der Waals surface area contributed by atoms with Gasteiger partial charge in [-0.15, -0.1) is 0 Å². The Balaban J connectivity index is 2.14. The minimum absolute atomic E-state index is 0.00694. The summed E-state index contributed by atoms with van der Waals surface area (Å²) in [6.45, 7) is 2.20. The van der Waals surface area contributed by atoms with Crippen molar-refractivity contribution in [1.82, 2.24) is 4.90 Å². The van der Waals surface area contributed by atoms with E-state index in [1.807, 2.05) is 4.90 Å². The molecule has 2 fully saturated rings. The van der Waals surface area contributed by atoms with Crippen molar-refractivity contribution in [3.8, 4) is 0 Å². The summed E-state index contributed by atoms with van der Waals surface area (Å²) in [6.07, 6.45) is 0.667. The van der Waals surface area contributed by atoms with Gasteiger partial charge < -0.3 is 5.73 Å². The average Bonchev–Trinajstić information content (AvgIpc) is 2.57. The molecular formula is C8H14N2O3S. The number of hydrogen-bond acceptors (Lipinski definition) is 4. The third-order valence-corrected chi connectivity index (χ3v) is 5.47. The van der Waals surface area contributed by atoms with Crippen molar-refractivity contribution in [2.75, 3.05) is 12.3 Å². The zero-order chi connectivity index (χ0) is 10.5. The maximum atomic E-state index is 11.4. The molecule has 0 radical (unpaired) electrons. The Morgan fingerprint density at radius 1 is 1.57 bits per heavy atom. The van der Waals surface area contributed by atoms with Crippen molar-refractivity contribution < 1.29 is 13.2 Å². The van der Waals surface area contributed by atoms with E-state index in [2.05, 4.69) is 0 Å². The lowest BCUT2D eigenvalue weighted by atomic mass is 10.2. The van der Waals surface area contributed by atoms with E-state index in [-0.39, 0.29) is 29.0 Å². The van der Waals surface area contributed by atoms with E-state index in [0.717, 1.165) is 0 Å². The fourth-order valence-corrected chi connectivity index (χ4v) is 4.41. The SMILES string of the molecule is CC(C(N)=O)N1CC2CC1CS2(=O)=O. The number of primary amides is 1. The molecule has 0 aromatic carbocycles. The molecule has 3 unspecified atom stereocenters. The number of carbonyl (C=O) groups excluding carboxylic acids is 1. The molecule has 14 heavy (non-hydrogen) atoms. The molecule has 0 spiro atoms. The molecule has 3 atom stereocenters. The van der Waals surface area contributed by atoms with E-state index < -0.39 is 9.84 Å². The molecule has 0 aromatic heterocycles. The smallest absolute Gasteiger partial charge is 0.234 e. The molecule has 2 aliphatic heterocycles. The lowest BCUT2D eigenvalue weighted by Crippen LogP contribution is -2.50. The molecule has 2 rings (SSSR count). The highest BCUT2D eigenvalue weighted by Gasteiger charge is 2.50. The maximum Gasteiger partial charge on any atom is 0.234 e. The fraction of sp³-hybridized carbons (Fsp3) is 0.875. The van der Waals surface area contributed by atoms with Gasteiger partial charge in [0.1, 0.15) is 0 Å². The summed E-state index contributed by atoms with van der Waals surface area (Å²) in [5.41, 5.74) is 5.19. The molecule has 2 saturated heterocycles. The van der Waals surface area contributed by atoms with Crippen molar-refractivity contribution >= 4 is 15.7 Å². The normalized spacial score (nSPS) is 37.2. The number of amides is 1. The van der Waals surface area contributed by atoms with Crippen LogP contribution >= 0.6 is 0 Å². The number of likely N-dealkylation sites (tertiary alicyclic amines) is 1. The maximum absolute atomic E-state index is 11.4.